The maximum Gasteiger partial charge on any atom is 1.00 e. The zero-order valence-electron chi connectivity index (χ0n) is 12.9. The van der Waals surface area contributed by atoms with E-state index in [1.54, 1.807) is 0 Å². The number of aryl methyl sites for hydroxylation is 2. The van der Waals surface area contributed by atoms with Crippen LogP contribution < -0.4 is 34.7 Å². The van der Waals surface area contributed by atoms with Crippen LogP contribution in [0.15, 0.2) is 18.2 Å². The number of rotatable bonds is 4. The number of quaternary nitrogens is 1. The van der Waals surface area contributed by atoms with E-state index in [1.807, 2.05) is 0 Å². The van der Waals surface area contributed by atoms with Crippen molar-refractivity contribution in [2.24, 2.45) is 0 Å². The first-order valence-corrected chi connectivity index (χ1v) is 7.12. The summed E-state index contributed by atoms with van der Waals surface area (Å²) in [5.74, 6) is -0.925. The van der Waals surface area contributed by atoms with Crippen LogP contribution in [0.25, 0.3) is 0 Å². The maximum atomic E-state index is 11.1. The minimum atomic E-state index is -0.925. The standard InChI is InChI=1S/C16H23NO2.Na/c1-13-6-7-15(10-14(13)2)11-17(12-16(18)19)8-4-3-5-9-17;/h6-7,10H,3-5,8-9,11-12H2,1-2H3;/q;+1. The topological polar surface area (TPSA) is 40.1 Å². The predicted octanol–water partition coefficient (Wildman–Crippen LogP) is -1.44. The maximum absolute atomic E-state index is 11.1. The molecule has 20 heavy (non-hydrogen) atoms. The normalized spacial score (nSPS) is 17.3. The van der Waals surface area contributed by atoms with Gasteiger partial charge in [0.2, 0.25) is 0 Å². The number of carboxylic acids is 1. The molecule has 3 nitrogen and oxygen atoms in total. The van der Waals surface area contributed by atoms with Crippen LogP contribution in [0.3, 0.4) is 0 Å². The molecule has 0 aliphatic carbocycles. The van der Waals surface area contributed by atoms with Crippen molar-refractivity contribution in [2.45, 2.75) is 39.7 Å². The molecule has 0 unspecified atom stereocenters. The summed E-state index contributed by atoms with van der Waals surface area (Å²) >= 11 is 0. The number of nitrogens with zero attached hydrogens (tertiary/aromatic N) is 1. The minimum Gasteiger partial charge on any atom is -0.544 e. The van der Waals surface area contributed by atoms with E-state index in [2.05, 4.69) is 32.0 Å². The minimum absolute atomic E-state index is 0. The van der Waals surface area contributed by atoms with Gasteiger partial charge in [-0.25, -0.2) is 0 Å². The zero-order valence-corrected chi connectivity index (χ0v) is 14.9. The number of aliphatic carboxylic acids is 1. The number of carbonyl (C=O) groups excluding carboxylic acids is 1. The molecule has 1 heterocycles. The van der Waals surface area contributed by atoms with E-state index in [0.717, 1.165) is 32.5 Å². The number of piperidine rings is 1. The van der Waals surface area contributed by atoms with Crippen LogP contribution in [-0.4, -0.2) is 30.1 Å². The summed E-state index contributed by atoms with van der Waals surface area (Å²) in [4.78, 5) is 11.1. The van der Waals surface area contributed by atoms with Crippen LogP contribution in [0, 0.1) is 13.8 Å². The largest absolute Gasteiger partial charge is 1.00 e. The molecule has 1 aromatic rings. The number of carbonyl (C=O) groups is 1. The van der Waals surface area contributed by atoms with Crippen LogP contribution in [-0.2, 0) is 11.3 Å². The first-order valence-electron chi connectivity index (χ1n) is 7.12. The van der Waals surface area contributed by atoms with E-state index >= 15 is 0 Å². The molecule has 1 aromatic carbocycles. The Bertz CT molecular complexity index is 468. The average Bonchev–Trinajstić information content (AvgIpc) is 2.34. The molecule has 0 N–H and O–H groups in total. The molecular weight excluding hydrogens is 261 g/mol. The Kier molecular flexibility index (Phi) is 6.73. The summed E-state index contributed by atoms with van der Waals surface area (Å²) in [6.45, 7) is 7.09. The van der Waals surface area contributed by atoms with Gasteiger partial charge in [-0.2, -0.15) is 0 Å². The molecule has 0 bridgehead atoms. The van der Waals surface area contributed by atoms with Crippen molar-refractivity contribution in [2.75, 3.05) is 19.6 Å². The van der Waals surface area contributed by atoms with Gasteiger partial charge in [0.15, 0.2) is 0 Å². The number of hydrogen-bond acceptors (Lipinski definition) is 2. The quantitative estimate of drug-likeness (QED) is 0.502. The van der Waals surface area contributed by atoms with Gasteiger partial charge in [-0.05, 0) is 44.2 Å². The van der Waals surface area contributed by atoms with Crippen molar-refractivity contribution >= 4 is 5.97 Å². The van der Waals surface area contributed by atoms with Crippen LogP contribution in [0.5, 0.6) is 0 Å². The van der Waals surface area contributed by atoms with Crippen molar-refractivity contribution in [3.8, 4) is 0 Å². The number of benzene rings is 1. The van der Waals surface area contributed by atoms with E-state index in [-0.39, 0.29) is 36.1 Å². The van der Waals surface area contributed by atoms with E-state index in [1.165, 1.54) is 23.1 Å². The van der Waals surface area contributed by atoms with Gasteiger partial charge in [0.1, 0.15) is 13.1 Å². The first kappa shape index (κ1) is 17.7. The van der Waals surface area contributed by atoms with E-state index in [0.29, 0.717) is 4.48 Å². The fourth-order valence-electron chi connectivity index (χ4n) is 3.12. The summed E-state index contributed by atoms with van der Waals surface area (Å²) in [6, 6.07) is 6.45. The zero-order chi connectivity index (χ0) is 13.9. The summed E-state index contributed by atoms with van der Waals surface area (Å²) in [7, 11) is 0. The van der Waals surface area contributed by atoms with Crippen molar-refractivity contribution in [3.63, 3.8) is 0 Å². The SMILES string of the molecule is Cc1ccc(C[N+]2(CC(=O)[O-])CCCCC2)cc1C.[Na+]. The van der Waals surface area contributed by atoms with Gasteiger partial charge in [-0.3, -0.25) is 0 Å². The molecule has 1 aliphatic heterocycles. The van der Waals surface area contributed by atoms with Gasteiger partial charge in [-0.1, -0.05) is 18.2 Å². The van der Waals surface area contributed by atoms with E-state index < -0.39 is 5.97 Å². The molecular formula is C16H23NNaO2+. The number of carboxylic acid groups (broad SMARTS) is 1. The van der Waals surface area contributed by atoms with Gasteiger partial charge in [0, 0.05) is 5.56 Å². The molecule has 1 saturated heterocycles. The third-order valence-electron chi connectivity index (χ3n) is 4.32. The summed E-state index contributed by atoms with van der Waals surface area (Å²) in [6.07, 6.45) is 3.47. The van der Waals surface area contributed by atoms with Gasteiger partial charge >= 0.3 is 29.6 Å². The predicted molar refractivity (Wildman–Crippen MR) is 73.3 cm³/mol. The average molecular weight is 284 g/mol. The molecule has 1 fully saturated rings. The van der Waals surface area contributed by atoms with Crippen molar-refractivity contribution in [3.05, 3.63) is 34.9 Å². The smallest absolute Gasteiger partial charge is 0.544 e. The molecule has 0 amide bonds. The fraction of sp³-hybridized carbons (Fsp3) is 0.562. The summed E-state index contributed by atoms with van der Waals surface area (Å²) in [5, 5.41) is 11.1. The van der Waals surface area contributed by atoms with E-state index in [9.17, 15) is 9.90 Å². The molecule has 0 spiro atoms. The third kappa shape index (κ3) is 4.59. The Morgan fingerprint density at radius 3 is 2.35 bits per heavy atom. The van der Waals surface area contributed by atoms with E-state index in [4.69, 9.17) is 0 Å². The Morgan fingerprint density at radius 2 is 1.80 bits per heavy atom. The van der Waals surface area contributed by atoms with Gasteiger partial charge in [0.25, 0.3) is 0 Å². The van der Waals surface area contributed by atoms with Gasteiger partial charge in [0.05, 0.1) is 19.1 Å². The molecule has 0 radical (unpaired) electrons. The summed E-state index contributed by atoms with van der Waals surface area (Å²) in [5.41, 5.74) is 3.81. The van der Waals surface area contributed by atoms with Crippen LogP contribution in [0.2, 0.25) is 0 Å². The fourth-order valence-corrected chi connectivity index (χ4v) is 3.12. The van der Waals surface area contributed by atoms with Gasteiger partial charge < -0.3 is 14.4 Å². The van der Waals surface area contributed by atoms with Crippen molar-refractivity contribution in [1.82, 2.24) is 0 Å². The molecule has 0 saturated carbocycles. The van der Waals surface area contributed by atoms with Gasteiger partial charge in [-0.15, -0.1) is 0 Å². The monoisotopic (exact) mass is 284 g/mol. The first-order chi connectivity index (χ1) is 9.01. The van der Waals surface area contributed by atoms with Crippen LogP contribution in [0.4, 0.5) is 0 Å². The molecule has 104 valence electrons. The summed E-state index contributed by atoms with van der Waals surface area (Å²) < 4.78 is 0.658. The number of likely N-dealkylation sites (tertiary alicyclic amines) is 1. The number of hydrogen-bond donors (Lipinski definition) is 0. The Labute approximate surface area is 143 Å². The molecule has 0 atom stereocenters. The Balaban J connectivity index is 0.00000200. The van der Waals surface area contributed by atoms with Crippen molar-refractivity contribution in [1.29, 1.82) is 0 Å². The van der Waals surface area contributed by atoms with Crippen molar-refractivity contribution < 1.29 is 43.9 Å². The van der Waals surface area contributed by atoms with Crippen LogP contribution >= 0.6 is 0 Å². The Morgan fingerprint density at radius 1 is 1.15 bits per heavy atom. The molecule has 1 aliphatic rings. The Hall–Kier alpha value is -0.350. The third-order valence-corrected chi connectivity index (χ3v) is 4.32. The second-order valence-electron chi connectivity index (χ2n) is 5.96. The van der Waals surface area contributed by atoms with Crippen LogP contribution in [0.1, 0.15) is 36.0 Å². The molecule has 2 rings (SSSR count). The molecule has 4 heteroatoms. The molecule has 0 aromatic heterocycles. The second kappa shape index (κ2) is 7.60. The second-order valence-corrected chi connectivity index (χ2v) is 5.96.